The van der Waals surface area contributed by atoms with E-state index in [1.54, 1.807) is 0 Å². The minimum atomic E-state index is 0.0931. The number of carbonyl (C=O) groups excluding carboxylic acids is 1. The Labute approximate surface area is 129 Å². The number of carbonyl (C=O) groups is 1. The number of aromatic nitrogens is 1. The van der Waals surface area contributed by atoms with E-state index in [4.69, 9.17) is 0 Å². The summed E-state index contributed by atoms with van der Waals surface area (Å²) in [5.41, 5.74) is 1.86. The second kappa shape index (κ2) is 4.59. The van der Waals surface area contributed by atoms with Gasteiger partial charge in [-0.05, 0) is 54.9 Å². The van der Waals surface area contributed by atoms with Crippen molar-refractivity contribution in [2.75, 3.05) is 19.6 Å². The van der Waals surface area contributed by atoms with Crippen molar-refractivity contribution < 1.29 is 4.79 Å². The van der Waals surface area contributed by atoms with Crippen LogP contribution in [-0.4, -0.2) is 41.5 Å². The van der Waals surface area contributed by atoms with Crippen LogP contribution in [0.25, 0.3) is 10.9 Å². The summed E-state index contributed by atoms with van der Waals surface area (Å²) in [7, 11) is 0. The summed E-state index contributed by atoms with van der Waals surface area (Å²) in [4.78, 5) is 18.4. The molecule has 1 aromatic carbocycles. The number of aromatic amines is 1. The van der Waals surface area contributed by atoms with E-state index in [0.717, 1.165) is 22.4 Å². The number of H-pyrrole nitrogens is 1. The molecule has 4 aliphatic rings. The quantitative estimate of drug-likeness (QED) is 0.892. The average molecular weight is 295 g/mol. The first-order valence-corrected chi connectivity index (χ1v) is 8.36. The molecule has 3 saturated heterocycles. The Kier molecular flexibility index (Phi) is 2.65. The third-order valence-corrected chi connectivity index (χ3v) is 5.90. The number of benzene rings is 1. The molecule has 22 heavy (non-hydrogen) atoms. The molecule has 1 aromatic heterocycles. The molecule has 3 aliphatic heterocycles. The van der Waals surface area contributed by atoms with Crippen molar-refractivity contribution in [1.82, 2.24) is 15.2 Å². The van der Waals surface area contributed by atoms with Crippen molar-refractivity contribution in [3.63, 3.8) is 0 Å². The van der Waals surface area contributed by atoms with Gasteiger partial charge in [-0.2, -0.15) is 0 Å². The summed E-state index contributed by atoms with van der Waals surface area (Å²) in [6.45, 7) is 3.64. The first-order valence-electron chi connectivity index (χ1n) is 8.36. The lowest BCUT2D eigenvalue weighted by Gasteiger charge is -2.55. The maximum atomic E-state index is 12.7. The van der Waals surface area contributed by atoms with Crippen LogP contribution in [0.4, 0.5) is 0 Å². The van der Waals surface area contributed by atoms with Gasteiger partial charge in [-0.25, -0.2) is 0 Å². The molecular formula is C18H21N3O. The van der Waals surface area contributed by atoms with Crippen LogP contribution in [0.15, 0.2) is 30.5 Å². The molecule has 0 radical (unpaired) electrons. The number of nitrogens with zero attached hydrogens (tertiary/aromatic N) is 1. The summed E-state index contributed by atoms with van der Waals surface area (Å²) < 4.78 is 0. The van der Waals surface area contributed by atoms with E-state index in [2.05, 4.69) is 15.2 Å². The van der Waals surface area contributed by atoms with Gasteiger partial charge in [0, 0.05) is 48.3 Å². The molecule has 6 rings (SSSR count). The highest BCUT2D eigenvalue weighted by Crippen LogP contribution is 2.43. The standard InChI is InChI=1S/C18H21N3O/c22-18(13-1-2-16-12(7-13)3-4-19-16)20-17-14-5-11-6-15(17)10-21(8-11)9-14/h1-4,7,11,14-15,17,19H,5-6,8-10H2,(H,20,22)/t11?,14-,15-,17?/m1/s1. The van der Waals surface area contributed by atoms with Crippen molar-refractivity contribution in [2.24, 2.45) is 17.8 Å². The topological polar surface area (TPSA) is 48.1 Å². The third kappa shape index (κ3) is 1.90. The molecule has 2 N–H and O–H groups in total. The first-order chi connectivity index (χ1) is 10.8. The van der Waals surface area contributed by atoms with Crippen molar-refractivity contribution >= 4 is 16.8 Å². The Balaban J connectivity index is 1.38. The molecule has 2 atom stereocenters. The van der Waals surface area contributed by atoms with Gasteiger partial charge >= 0.3 is 0 Å². The third-order valence-electron chi connectivity index (χ3n) is 5.90. The van der Waals surface area contributed by atoms with Gasteiger partial charge < -0.3 is 15.2 Å². The number of hydrogen-bond acceptors (Lipinski definition) is 2. The van der Waals surface area contributed by atoms with Crippen molar-refractivity contribution in [3.8, 4) is 0 Å². The fourth-order valence-electron chi connectivity index (χ4n) is 5.07. The Morgan fingerprint density at radius 1 is 1.14 bits per heavy atom. The lowest BCUT2D eigenvalue weighted by molar-refractivity contribution is -0.0418. The molecule has 4 nitrogen and oxygen atoms in total. The van der Waals surface area contributed by atoms with Crippen LogP contribution >= 0.6 is 0 Å². The molecule has 1 saturated carbocycles. The lowest BCUT2D eigenvalue weighted by atomic mass is 9.65. The Bertz CT molecular complexity index is 707. The molecule has 1 amide bonds. The lowest BCUT2D eigenvalue weighted by Crippen LogP contribution is -2.64. The van der Waals surface area contributed by atoms with Crippen molar-refractivity contribution in [3.05, 3.63) is 36.0 Å². The van der Waals surface area contributed by atoms with Crippen LogP contribution in [0, 0.1) is 17.8 Å². The van der Waals surface area contributed by atoms with Crippen LogP contribution in [0.3, 0.4) is 0 Å². The van der Waals surface area contributed by atoms with E-state index in [1.807, 2.05) is 30.5 Å². The molecule has 2 aromatic rings. The normalized spacial score (nSPS) is 35.9. The highest BCUT2D eigenvalue weighted by molar-refractivity contribution is 5.98. The number of piperidine rings is 3. The van der Waals surface area contributed by atoms with Crippen molar-refractivity contribution in [2.45, 2.75) is 18.9 Å². The fourth-order valence-corrected chi connectivity index (χ4v) is 5.07. The van der Waals surface area contributed by atoms with Crippen LogP contribution in [0.1, 0.15) is 23.2 Å². The van der Waals surface area contributed by atoms with Crippen LogP contribution in [0.5, 0.6) is 0 Å². The van der Waals surface area contributed by atoms with Crippen LogP contribution in [-0.2, 0) is 0 Å². The summed E-state index contributed by atoms with van der Waals surface area (Å²) in [5.74, 6) is 2.29. The number of nitrogens with one attached hydrogen (secondary N) is 2. The van der Waals surface area contributed by atoms with Gasteiger partial charge in [0.1, 0.15) is 0 Å². The van der Waals surface area contributed by atoms with Gasteiger partial charge in [-0.1, -0.05) is 0 Å². The van der Waals surface area contributed by atoms with E-state index >= 15 is 0 Å². The SMILES string of the molecule is O=C(NC1[C@@H]2CC3C[C@@H]1CN(C3)C2)c1ccc2[nH]ccc2c1. The minimum Gasteiger partial charge on any atom is -0.361 e. The van der Waals surface area contributed by atoms with Crippen LogP contribution < -0.4 is 5.32 Å². The fraction of sp³-hybridized carbons (Fsp3) is 0.500. The van der Waals surface area contributed by atoms with Gasteiger partial charge in [0.25, 0.3) is 5.91 Å². The van der Waals surface area contributed by atoms with E-state index in [0.29, 0.717) is 17.9 Å². The molecule has 4 bridgehead atoms. The summed E-state index contributed by atoms with van der Waals surface area (Å²) in [6.07, 6.45) is 4.52. The Hall–Kier alpha value is -1.81. The molecule has 0 spiro atoms. The van der Waals surface area contributed by atoms with Gasteiger partial charge in [0.2, 0.25) is 0 Å². The number of hydrogen-bond donors (Lipinski definition) is 2. The second-order valence-electron chi connectivity index (χ2n) is 7.36. The Morgan fingerprint density at radius 2 is 1.95 bits per heavy atom. The molecular weight excluding hydrogens is 274 g/mol. The van der Waals surface area contributed by atoms with E-state index in [-0.39, 0.29) is 5.91 Å². The van der Waals surface area contributed by atoms with Gasteiger partial charge in [0.15, 0.2) is 0 Å². The number of rotatable bonds is 2. The van der Waals surface area contributed by atoms with Crippen molar-refractivity contribution in [1.29, 1.82) is 0 Å². The molecule has 0 unspecified atom stereocenters. The van der Waals surface area contributed by atoms with Gasteiger partial charge in [-0.15, -0.1) is 0 Å². The van der Waals surface area contributed by atoms with E-state index in [9.17, 15) is 4.79 Å². The van der Waals surface area contributed by atoms with E-state index < -0.39 is 0 Å². The maximum absolute atomic E-state index is 12.7. The summed E-state index contributed by atoms with van der Waals surface area (Å²) >= 11 is 0. The monoisotopic (exact) mass is 295 g/mol. The van der Waals surface area contributed by atoms with Gasteiger partial charge in [-0.3, -0.25) is 4.79 Å². The molecule has 4 heterocycles. The molecule has 4 heteroatoms. The van der Waals surface area contributed by atoms with Crippen LogP contribution in [0.2, 0.25) is 0 Å². The minimum absolute atomic E-state index is 0.0931. The smallest absolute Gasteiger partial charge is 0.251 e. The zero-order chi connectivity index (χ0) is 14.7. The number of fused-ring (bicyclic) bond motifs is 1. The second-order valence-corrected chi connectivity index (χ2v) is 7.36. The highest BCUT2D eigenvalue weighted by Gasteiger charge is 2.47. The van der Waals surface area contributed by atoms with Gasteiger partial charge in [0.05, 0.1) is 0 Å². The maximum Gasteiger partial charge on any atom is 0.251 e. The predicted molar refractivity (Wildman–Crippen MR) is 85.7 cm³/mol. The summed E-state index contributed by atoms with van der Waals surface area (Å²) in [6, 6.07) is 8.30. The molecule has 1 aliphatic carbocycles. The zero-order valence-corrected chi connectivity index (χ0v) is 12.6. The zero-order valence-electron chi connectivity index (χ0n) is 12.6. The number of amides is 1. The van der Waals surface area contributed by atoms with E-state index in [1.165, 1.54) is 32.5 Å². The summed E-state index contributed by atoms with van der Waals surface area (Å²) in [5, 5.41) is 4.46. The molecule has 4 fully saturated rings. The highest BCUT2D eigenvalue weighted by atomic mass is 16.1. The first kappa shape index (κ1) is 12.7. The predicted octanol–water partition coefficient (Wildman–Crippen LogP) is 2.24. The average Bonchev–Trinajstić information content (AvgIpc) is 2.97. The molecule has 114 valence electrons. The Morgan fingerprint density at radius 3 is 2.73 bits per heavy atom. The largest absolute Gasteiger partial charge is 0.361 e.